The van der Waals surface area contributed by atoms with Crippen LogP contribution >= 0.6 is 11.6 Å². The number of hydrogen-bond donors (Lipinski definition) is 1. The van der Waals surface area contributed by atoms with Gasteiger partial charge in [-0.05, 0) is 18.4 Å². The quantitative estimate of drug-likeness (QED) is 0.600. The number of carbonyl (C=O) groups excluding carboxylic acids is 1. The third-order valence-corrected chi connectivity index (χ3v) is 3.85. The van der Waals surface area contributed by atoms with Crippen LogP contribution in [0.4, 0.5) is 0 Å². The minimum atomic E-state index is -0.383. The maximum atomic E-state index is 10.4. The van der Waals surface area contributed by atoms with E-state index in [1.807, 2.05) is 37.3 Å². The van der Waals surface area contributed by atoms with Crippen molar-refractivity contribution in [3.05, 3.63) is 35.9 Å². The monoisotopic (exact) mass is 254 g/mol. The molecule has 0 aliphatic rings. The Hall–Kier alpha value is -0.860. The molecule has 0 radical (unpaired) electrons. The van der Waals surface area contributed by atoms with Crippen molar-refractivity contribution in [3.63, 3.8) is 0 Å². The van der Waals surface area contributed by atoms with E-state index in [0.717, 1.165) is 18.3 Å². The molecule has 3 heteroatoms. The van der Waals surface area contributed by atoms with Gasteiger partial charge in [0.05, 0.1) is 6.61 Å². The maximum Gasteiger partial charge on any atom is 0.120 e. The lowest BCUT2D eigenvalue weighted by molar-refractivity contribution is -0.108. The molecule has 0 aliphatic heterocycles. The molecule has 1 N–H and O–H groups in total. The highest BCUT2D eigenvalue weighted by molar-refractivity contribution is 6.21. The predicted molar refractivity (Wildman–Crippen MR) is 70.3 cm³/mol. The van der Waals surface area contributed by atoms with Crippen LogP contribution < -0.4 is 0 Å². The van der Waals surface area contributed by atoms with Crippen molar-refractivity contribution in [3.8, 4) is 0 Å². The lowest BCUT2D eigenvalue weighted by Gasteiger charge is -2.32. The van der Waals surface area contributed by atoms with Gasteiger partial charge in [0.2, 0.25) is 0 Å². The number of carbonyl (C=O) groups is 1. The summed E-state index contributed by atoms with van der Waals surface area (Å²) in [6, 6.07) is 9.96. The molecule has 0 saturated heterocycles. The Bertz CT molecular complexity index is 339. The molecule has 0 bridgehead atoms. The summed E-state index contributed by atoms with van der Waals surface area (Å²) in [5.74, 6) is 0. The van der Waals surface area contributed by atoms with Gasteiger partial charge in [-0.1, -0.05) is 37.3 Å². The van der Waals surface area contributed by atoms with Crippen LogP contribution in [0.2, 0.25) is 0 Å². The maximum absolute atomic E-state index is 10.4. The fraction of sp³-hybridized carbons (Fsp3) is 0.500. The van der Waals surface area contributed by atoms with Gasteiger partial charge in [0.15, 0.2) is 0 Å². The van der Waals surface area contributed by atoms with Crippen molar-refractivity contribution in [2.24, 2.45) is 5.41 Å². The third kappa shape index (κ3) is 4.14. The first-order valence-electron chi connectivity index (χ1n) is 5.85. The summed E-state index contributed by atoms with van der Waals surface area (Å²) in [6.45, 7) is 1.98. The molecule has 2 nitrogen and oxygen atoms in total. The van der Waals surface area contributed by atoms with Crippen LogP contribution in [-0.4, -0.2) is 23.4 Å². The standard InChI is InChI=1S/C14H19ClO2/c1-14(11-17,13(15)8-5-9-16)10-12-6-3-2-4-7-12/h2-4,6-7,9,13,17H,5,8,10-11H2,1H3. The fourth-order valence-corrected chi connectivity index (χ4v) is 2.16. The van der Waals surface area contributed by atoms with E-state index < -0.39 is 0 Å². The Balaban J connectivity index is 2.70. The van der Waals surface area contributed by atoms with E-state index in [2.05, 4.69) is 0 Å². The second-order valence-corrected chi connectivity index (χ2v) is 5.21. The first kappa shape index (κ1) is 14.2. The van der Waals surface area contributed by atoms with Crippen molar-refractivity contribution in [1.82, 2.24) is 0 Å². The van der Waals surface area contributed by atoms with Gasteiger partial charge in [0.1, 0.15) is 6.29 Å². The number of aliphatic hydroxyl groups is 1. The molecule has 0 amide bonds. The number of halogens is 1. The van der Waals surface area contributed by atoms with Crippen LogP contribution in [0, 0.1) is 5.41 Å². The highest BCUT2D eigenvalue weighted by Crippen LogP contribution is 2.32. The van der Waals surface area contributed by atoms with Crippen LogP contribution in [0.15, 0.2) is 30.3 Å². The average Bonchev–Trinajstić information content (AvgIpc) is 2.36. The molecule has 0 aromatic heterocycles. The first-order chi connectivity index (χ1) is 8.12. The Kier molecular flexibility index (Phi) is 5.66. The first-order valence-corrected chi connectivity index (χ1v) is 6.28. The van der Waals surface area contributed by atoms with Crippen molar-refractivity contribution in [2.45, 2.75) is 31.6 Å². The highest BCUT2D eigenvalue weighted by atomic mass is 35.5. The zero-order chi connectivity index (χ0) is 12.7. The molecule has 17 heavy (non-hydrogen) atoms. The number of benzene rings is 1. The molecule has 0 aliphatic carbocycles. The molecule has 2 atom stereocenters. The Morgan fingerprint density at radius 3 is 2.59 bits per heavy atom. The molecule has 1 aromatic carbocycles. The van der Waals surface area contributed by atoms with E-state index in [1.165, 1.54) is 0 Å². The van der Waals surface area contributed by atoms with E-state index in [9.17, 15) is 9.90 Å². The molecule has 0 heterocycles. The molecule has 2 unspecified atom stereocenters. The SMILES string of the molecule is CC(CO)(Cc1ccccc1)C(Cl)CCC=O. The Morgan fingerprint density at radius 1 is 1.41 bits per heavy atom. The lowest BCUT2D eigenvalue weighted by atomic mass is 9.79. The third-order valence-electron chi connectivity index (χ3n) is 3.11. The van der Waals surface area contributed by atoms with Crippen molar-refractivity contribution in [2.75, 3.05) is 6.61 Å². The van der Waals surface area contributed by atoms with Gasteiger partial charge >= 0.3 is 0 Å². The molecule has 1 rings (SSSR count). The van der Waals surface area contributed by atoms with Gasteiger partial charge < -0.3 is 9.90 Å². The summed E-state index contributed by atoms with van der Waals surface area (Å²) in [5.41, 5.74) is 0.771. The van der Waals surface area contributed by atoms with Crippen LogP contribution in [0.3, 0.4) is 0 Å². The average molecular weight is 255 g/mol. The predicted octanol–water partition coefficient (Wildman–Crippen LogP) is 2.81. The van der Waals surface area contributed by atoms with E-state index in [4.69, 9.17) is 11.6 Å². The van der Waals surface area contributed by atoms with E-state index in [1.54, 1.807) is 0 Å². The summed E-state index contributed by atoms with van der Waals surface area (Å²) < 4.78 is 0. The smallest absolute Gasteiger partial charge is 0.120 e. The Morgan fingerprint density at radius 2 is 2.06 bits per heavy atom. The van der Waals surface area contributed by atoms with Crippen molar-refractivity contribution < 1.29 is 9.90 Å². The fourth-order valence-electron chi connectivity index (χ4n) is 1.89. The Labute approximate surface area is 108 Å². The van der Waals surface area contributed by atoms with Crippen LogP contribution in [0.25, 0.3) is 0 Å². The lowest BCUT2D eigenvalue weighted by Crippen LogP contribution is -2.34. The van der Waals surface area contributed by atoms with Gasteiger partial charge in [-0.3, -0.25) is 0 Å². The van der Waals surface area contributed by atoms with Crippen molar-refractivity contribution in [1.29, 1.82) is 0 Å². The zero-order valence-electron chi connectivity index (χ0n) is 10.1. The number of rotatable bonds is 7. The van der Waals surface area contributed by atoms with Crippen LogP contribution in [0.5, 0.6) is 0 Å². The molecule has 94 valence electrons. The van der Waals surface area contributed by atoms with Crippen molar-refractivity contribution >= 4 is 17.9 Å². The minimum Gasteiger partial charge on any atom is -0.396 e. The minimum absolute atomic E-state index is 0.0227. The highest BCUT2D eigenvalue weighted by Gasteiger charge is 2.32. The number of aldehydes is 1. The largest absolute Gasteiger partial charge is 0.396 e. The summed E-state index contributed by atoms with van der Waals surface area (Å²) >= 11 is 6.30. The number of hydrogen-bond acceptors (Lipinski definition) is 2. The molecular formula is C14H19ClO2. The van der Waals surface area contributed by atoms with Crippen LogP contribution in [-0.2, 0) is 11.2 Å². The molecule has 0 spiro atoms. The van der Waals surface area contributed by atoms with Crippen LogP contribution in [0.1, 0.15) is 25.3 Å². The second kappa shape index (κ2) is 6.77. The van der Waals surface area contributed by atoms with Gasteiger partial charge in [0.25, 0.3) is 0 Å². The number of alkyl halides is 1. The zero-order valence-corrected chi connectivity index (χ0v) is 10.9. The molecule has 0 fully saturated rings. The van der Waals surface area contributed by atoms with Gasteiger partial charge in [-0.15, -0.1) is 11.6 Å². The topological polar surface area (TPSA) is 37.3 Å². The summed E-state index contributed by atoms with van der Waals surface area (Å²) in [4.78, 5) is 10.4. The normalized spacial score (nSPS) is 16.2. The summed E-state index contributed by atoms with van der Waals surface area (Å²) in [5, 5.41) is 9.35. The number of aliphatic hydroxyl groups excluding tert-OH is 1. The molecule has 0 saturated carbocycles. The van der Waals surface area contributed by atoms with E-state index in [0.29, 0.717) is 12.8 Å². The summed E-state index contributed by atoms with van der Waals surface area (Å²) in [7, 11) is 0. The molecule has 1 aromatic rings. The van der Waals surface area contributed by atoms with E-state index >= 15 is 0 Å². The van der Waals surface area contributed by atoms with E-state index in [-0.39, 0.29) is 17.4 Å². The van der Waals surface area contributed by atoms with Gasteiger partial charge in [-0.25, -0.2) is 0 Å². The molecular weight excluding hydrogens is 236 g/mol. The van der Waals surface area contributed by atoms with Gasteiger partial charge in [0, 0.05) is 17.2 Å². The second-order valence-electron chi connectivity index (χ2n) is 4.69. The summed E-state index contributed by atoms with van der Waals surface area (Å²) in [6.07, 6.45) is 2.64. The van der Waals surface area contributed by atoms with Gasteiger partial charge in [-0.2, -0.15) is 0 Å².